The lowest BCUT2D eigenvalue weighted by molar-refractivity contribution is 0.0994. The number of hydrogen-bond donors (Lipinski definition) is 5. The lowest BCUT2D eigenvalue weighted by atomic mass is 10.0. The molecular formula is C21H28N2O5. The summed E-state index contributed by atoms with van der Waals surface area (Å²) in [5, 5.41) is 31.9. The third-order valence-corrected chi connectivity index (χ3v) is 4.46. The molecule has 28 heavy (non-hydrogen) atoms. The predicted octanol–water partition coefficient (Wildman–Crippen LogP) is 1.51. The van der Waals surface area contributed by atoms with Crippen molar-refractivity contribution in [3.63, 3.8) is 0 Å². The Morgan fingerprint density at radius 2 is 1.93 bits per heavy atom. The van der Waals surface area contributed by atoms with Gasteiger partial charge in [0.25, 0.3) is 5.91 Å². The molecule has 2 aromatic carbocycles. The zero-order valence-corrected chi connectivity index (χ0v) is 16.0. The van der Waals surface area contributed by atoms with Crippen LogP contribution in [0.3, 0.4) is 0 Å². The Hall–Kier alpha value is -2.61. The summed E-state index contributed by atoms with van der Waals surface area (Å²) in [7, 11) is 0. The number of aliphatic hydroxyl groups excluding tert-OH is 2. The highest BCUT2D eigenvalue weighted by atomic mass is 16.5. The minimum Gasteiger partial charge on any atom is -0.508 e. The van der Waals surface area contributed by atoms with E-state index in [1.165, 1.54) is 6.07 Å². The van der Waals surface area contributed by atoms with Gasteiger partial charge in [-0.3, -0.25) is 4.79 Å². The molecule has 2 unspecified atom stereocenters. The van der Waals surface area contributed by atoms with E-state index in [0.29, 0.717) is 12.1 Å². The monoisotopic (exact) mass is 388 g/mol. The molecule has 1 amide bonds. The van der Waals surface area contributed by atoms with Gasteiger partial charge in [0.1, 0.15) is 18.1 Å². The SMILES string of the molecule is CC(CCc1ccc(O)cc1)NCC(O)c1ccc(OCCO)c(C(N)=O)c1. The van der Waals surface area contributed by atoms with Gasteiger partial charge in [-0.15, -0.1) is 0 Å². The van der Waals surface area contributed by atoms with Gasteiger partial charge in [-0.25, -0.2) is 0 Å². The number of aryl methyl sites for hydroxylation is 1. The zero-order valence-electron chi connectivity index (χ0n) is 16.0. The zero-order chi connectivity index (χ0) is 20.5. The number of phenolic OH excluding ortho intramolecular Hbond substituents is 1. The molecule has 0 spiro atoms. The molecule has 7 nitrogen and oxygen atoms in total. The first-order valence-corrected chi connectivity index (χ1v) is 9.27. The second-order valence-corrected chi connectivity index (χ2v) is 6.72. The fourth-order valence-corrected chi connectivity index (χ4v) is 2.81. The molecule has 0 saturated heterocycles. The van der Waals surface area contributed by atoms with E-state index in [-0.39, 0.29) is 36.3 Å². The summed E-state index contributed by atoms with van der Waals surface area (Å²) in [4.78, 5) is 11.6. The standard InChI is InChI=1S/C21H28N2O5/c1-14(2-3-15-4-7-17(25)8-5-15)23-13-19(26)16-6-9-20(28-11-10-24)18(12-16)21(22)27/h4-9,12,14,19,23-26H,2-3,10-11,13H2,1H3,(H2,22,27). The average Bonchev–Trinajstić information content (AvgIpc) is 2.69. The van der Waals surface area contributed by atoms with Gasteiger partial charge in [0.05, 0.1) is 18.3 Å². The number of nitrogens with one attached hydrogen (secondary N) is 1. The highest BCUT2D eigenvalue weighted by Crippen LogP contribution is 2.23. The first-order valence-electron chi connectivity index (χ1n) is 9.27. The molecule has 2 aromatic rings. The van der Waals surface area contributed by atoms with Crippen molar-refractivity contribution < 1.29 is 24.9 Å². The van der Waals surface area contributed by atoms with Crippen LogP contribution in [0.1, 0.15) is 40.9 Å². The number of rotatable bonds is 11. The molecule has 0 bridgehead atoms. The average molecular weight is 388 g/mol. The van der Waals surface area contributed by atoms with Crippen molar-refractivity contribution in [3.8, 4) is 11.5 Å². The van der Waals surface area contributed by atoms with Gasteiger partial charge in [-0.1, -0.05) is 18.2 Å². The van der Waals surface area contributed by atoms with Crippen LogP contribution in [0, 0.1) is 0 Å². The van der Waals surface area contributed by atoms with Gasteiger partial charge in [-0.2, -0.15) is 0 Å². The Balaban J connectivity index is 1.89. The van der Waals surface area contributed by atoms with Gasteiger partial charge in [0, 0.05) is 12.6 Å². The van der Waals surface area contributed by atoms with Crippen LogP contribution in [0.4, 0.5) is 0 Å². The summed E-state index contributed by atoms with van der Waals surface area (Å²) in [6, 6.07) is 12.1. The Bertz CT molecular complexity index is 764. The largest absolute Gasteiger partial charge is 0.508 e. The maximum absolute atomic E-state index is 11.6. The van der Waals surface area contributed by atoms with E-state index in [0.717, 1.165) is 18.4 Å². The molecule has 152 valence electrons. The molecule has 0 aromatic heterocycles. The molecule has 0 aliphatic carbocycles. The van der Waals surface area contributed by atoms with Gasteiger partial charge in [0.2, 0.25) is 0 Å². The fraction of sp³-hybridized carbons (Fsp3) is 0.381. The number of benzene rings is 2. The van der Waals surface area contributed by atoms with Crippen LogP contribution in [-0.2, 0) is 6.42 Å². The number of primary amides is 1. The van der Waals surface area contributed by atoms with Crippen LogP contribution in [0.2, 0.25) is 0 Å². The Morgan fingerprint density at radius 1 is 1.21 bits per heavy atom. The van der Waals surface area contributed by atoms with E-state index in [2.05, 4.69) is 5.32 Å². The van der Waals surface area contributed by atoms with Crippen molar-refractivity contribution >= 4 is 5.91 Å². The molecule has 0 fully saturated rings. The molecule has 2 atom stereocenters. The normalized spacial score (nSPS) is 13.1. The maximum Gasteiger partial charge on any atom is 0.252 e. The quantitative estimate of drug-likeness (QED) is 0.397. The van der Waals surface area contributed by atoms with Crippen LogP contribution in [0.15, 0.2) is 42.5 Å². The lowest BCUT2D eigenvalue weighted by Gasteiger charge is -2.18. The number of carbonyl (C=O) groups is 1. The summed E-state index contributed by atoms with van der Waals surface area (Å²) in [6.07, 6.45) is 0.923. The van der Waals surface area contributed by atoms with Crippen LogP contribution >= 0.6 is 0 Å². The molecule has 0 radical (unpaired) electrons. The second-order valence-electron chi connectivity index (χ2n) is 6.72. The van der Waals surface area contributed by atoms with Gasteiger partial charge >= 0.3 is 0 Å². The summed E-state index contributed by atoms with van der Waals surface area (Å²) < 4.78 is 5.30. The molecule has 6 N–H and O–H groups in total. The first kappa shape index (κ1) is 21.7. The highest BCUT2D eigenvalue weighted by molar-refractivity contribution is 5.95. The summed E-state index contributed by atoms with van der Waals surface area (Å²) in [5.74, 6) is -0.119. The van der Waals surface area contributed by atoms with Gasteiger partial charge < -0.3 is 31.1 Å². The Labute approximate surface area is 164 Å². The Morgan fingerprint density at radius 3 is 2.57 bits per heavy atom. The maximum atomic E-state index is 11.6. The third kappa shape index (κ3) is 6.53. The van der Waals surface area contributed by atoms with Crippen LogP contribution < -0.4 is 15.8 Å². The summed E-state index contributed by atoms with van der Waals surface area (Å²) in [6.45, 7) is 2.25. The number of amides is 1. The third-order valence-electron chi connectivity index (χ3n) is 4.46. The summed E-state index contributed by atoms with van der Waals surface area (Å²) in [5.41, 5.74) is 7.25. The topological polar surface area (TPSA) is 125 Å². The number of nitrogens with two attached hydrogens (primary N) is 1. The van der Waals surface area contributed by atoms with Crippen molar-refractivity contribution in [2.75, 3.05) is 19.8 Å². The molecule has 2 rings (SSSR count). The van der Waals surface area contributed by atoms with Gasteiger partial charge in [0.15, 0.2) is 0 Å². The molecule has 0 aliphatic heterocycles. The first-order chi connectivity index (χ1) is 13.4. The summed E-state index contributed by atoms with van der Waals surface area (Å²) >= 11 is 0. The van der Waals surface area contributed by atoms with Crippen LogP contribution in [-0.4, -0.2) is 47.0 Å². The molecule has 0 saturated carbocycles. The van der Waals surface area contributed by atoms with Crippen molar-refractivity contribution in [2.24, 2.45) is 5.73 Å². The highest BCUT2D eigenvalue weighted by Gasteiger charge is 2.15. The molecular weight excluding hydrogens is 360 g/mol. The predicted molar refractivity (Wildman–Crippen MR) is 106 cm³/mol. The minimum atomic E-state index is -0.805. The smallest absolute Gasteiger partial charge is 0.252 e. The van der Waals surface area contributed by atoms with E-state index in [1.54, 1.807) is 24.3 Å². The van der Waals surface area contributed by atoms with E-state index in [1.807, 2.05) is 19.1 Å². The van der Waals surface area contributed by atoms with Crippen molar-refractivity contribution in [3.05, 3.63) is 59.2 Å². The molecule has 0 heterocycles. The number of hydrogen-bond acceptors (Lipinski definition) is 6. The van der Waals surface area contributed by atoms with Crippen LogP contribution in [0.25, 0.3) is 0 Å². The molecule has 0 aliphatic rings. The van der Waals surface area contributed by atoms with Crippen molar-refractivity contribution in [2.45, 2.75) is 31.9 Å². The second kappa shape index (κ2) is 10.7. The van der Waals surface area contributed by atoms with Crippen molar-refractivity contribution in [1.29, 1.82) is 0 Å². The van der Waals surface area contributed by atoms with Gasteiger partial charge in [-0.05, 0) is 55.2 Å². The molecule has 7 heteroatoms. The Kier molecular flexibility index (Phi) is 8.25. The number of carbonyl (C=O) groups excluding carboxylic acids is 1. The minimum absolute atomic E-state index is 0.0578. The van der Waals surface area contributed by atoms with E-state index in [9.17, 15) is 15.0 Å². The number of ether oxygens (including phenoxy) is 1. The van der Waals surface area contributed by atoms with E-state index < -0.39 is 12.0 Å². The lowest BCUT2D eigenvalue weighted by Crippen LogP contribution is -2.31. The van der Waals surface area contributed by atoms with Crippen LogP contribution in [0.5, 0.6) is 11.5 Å². The van der Waals surface area contributed by atoms with E-state index in [4.69, 9.17) is 15.6 Å². The van der Waals surface area contributed by atoms with Crippen molar-refractivity contribution in [1.82, 2.24) is 5.32 Å². The number of phenols is 1. The number of aliphatic hydroxyl groups is 2. The fourth-order valence-electron chi connectivity index (χ4n) is 2.81. The number of aromatic hydroxyl groups is 1. The van der Waals surface area contributed by atoms with E-state index >= 15 is 0 Å².